The fraction of sp³-hybridized carbons (Fsp3) is 0.765. The van der Waals surface area contributed by atoms with Gasteiger partial charge in [-0.15, -0.1) is 11.3 Å². The number of nitrogens with zero attached hydrogens (tertiary/aromatic N) is 2. The second kappa shape index (κ2) is 8.64. The van der Waals surface area contributed by atoms with E-state index < -0.39 is 0 Å². The van der Waals surface area contributed by atoms with Gasteiger partial charge in [-0.25, -0.2) is 4.98 Å². The van der Waals surface area contributed by atoms with Gasteiger partial charge in [0.1, 0.15) is 0 Å². The van der Waals surface area contributed by atoms with E-state index in [-0.39, 0.29) is 0 Å². The number of aliphatic imine (C=N–C) groups is 1. The van der Waals surface area contributed by atoms with Crippen molar-refractivity contribution in [2.24, 2.45) is 10.4 Å². The summed E-state index contributed by atoms with van der Waals surface area (Å²) in [6, 6.07) is 0. The number of aromatic nitrogens is 1. The summed E-state index contributed by atoms with van der Waals surface area (Å²) in [7, 11) is 1.77. The fourth-order valence-electron chi connectivity index (χ4n) is 2.50. The summed E-state index contributed by atoms with van der Waals surface area (Å²) >= 11 is 1.79. The van der Waals surface area contributed by atoms with E-state index >= 15 is 0 Å². The van der Waals surface area contributed by atoms with Crippen molar-refractivity contribution < 1.29 is 4.74 Å². The second-order valence-electron chi connectivity index (χ2n) is 6.36. The molecule has 23 heavy (non-hydrogen) atoms. The molecule has 2 N–H and O–H groups in total. The van der Waals surface area contributed by atoms with E-state index in [1.807, 2.05) is 0 Å². The highest BCUT2D eigenvalue weighted by atomic mass is 32.1. The van der Waals surface area contributed by atoms with E-state index in [0.29, 0.717) is 5.41 Å². The Bertz CT molecular complexity index is 503. The van der Waals surface area contributed by atoms with Crippen molar-refractivity contribution in [3.05, 3.63) is 15.6 Å². The molecule has 1 aromatic heterocycles. The smallest absolute Gasteiger partial charge is 0.191 e. The number of guanidine groups is 1. The van der Waals surface area contributed by atoms with Crippen molar-refractivity contribution >= 4 is 17.3 Å². The quantitative estimate of drug-likeness (QED) is 0.537. The Morgan fingerprint density at radius 2 is 2.13 bits per heavy atom. The normalized spacial score (nSPS) is 16.4. The molecule has 1 fully saturated rings. The monoisotopic (exact) mass is 338 g/mol. The minimum absolute atomic E-state index is 0.391. The van der Waals surface area contributed by atoms with Gasteiger partial charge < -0.3 is 15.4 Å². The largest absolute Gasteiger partial charge is 0.385 e. The van der Waals surface area contributed by atoms with Crippen LogP contribution in [0.3, 0.4) is 0 Å². The topological polar surface area (TPSA) is 58.5 Å². The predicted octanol–water partition coefficient (Wildman–Crippen LogP) is 2.67. The standard InChI is InChI=1S/C17H30N4OS/c1-5-18-16(20-12-17(7-8-17)9-11-22-4)19-10-6-15-21-13(2)14(3)23-15/h5-12H2,1-4H3,(H2,18,19,20). The molecule has 1 aliphatic rings. The Morgan fingerprint density at radius 3 is 2.70 bits per heavy atom. The van der Waals surface area contributed by atoms with E-state index in [2.05, 4.69) is 36.4 Å². The van der Waals surface area contributed by atoms with Crippen LogP contribution in [0.15, 0.2) is 4.99 Å². The molecule has 0 aliphatic heterocycles. The van der Waals surface area contributed by atoms with E-state index in [1.54, 1.807) is 18.4 Å². The number of nitrogens with one attached hydrogen (secondary N) is 2. The van der Waals surface area contributed by atoms with Crippen LogP contribution < -0.4 is 10.6 Å². The lowest BCUT2D eigenvalue weighted by atomic mass is 10.0. The molecule has 0 saturated heterocycles. The number of hydrogen-bond donors (Lipinski definition) is 2. The Hall–Kier alpha value is -1.14. The summed E-state index contributed by atoms with van der Waals surface area (Å²) in [4.78, 5) is 10.7. The molecule has 1 saturated carbocycles. The zero-order valence-electron chi connectivity index (χ0n) is 14.9. The van der Waals surface area contributed by atoms with Gasteiger partial charge in [-0.1, -0.05) is 0 Å². The van der Waals surface area contributed by atoms with Gasteiger partial charge in [0.05, 0.1) is 10.7 Å². The van der Waals surface area contributed by atoms with Crippen LogP contribution in [-0.4, -0.2) is 44.3 Å². The van der Waals surface area contributed by atoms with Crippen LogP contribution >= 0.6 is 11.3 Å². The van der Waals surface area contributed by atoms with Crippen molar-refractivity contribution in [2.75, 3.05) is 33.4 Å². The third-order valence-electron chi connectivity index (χ3n) is 4.41. The van der Waals surface area contributed by atoms with Gasteiger partial charge in [-0.2, -0.15) is 0 Å². The van der Waals surface area contributed by atoms with E-state index in [0.717, 1.165) is 50.7 Å². The minimum Gasteiger partial charge on any atom is -0.385 e. The highest BCUT2D eigenvalue weighted by Gasteiger charge is 2.41. The lowest BCUT2D eigenvalue weighted by Crippen LogP contribution is -2.38. The van der Waals surface area contributed by atoms with Crippen molar-refractivity contribution in [3.63, 3.8) is 0 Å². The summed E-state index contributed by atoms with van der Waals surface area (Å²) in [6.45, 7) is 9.77. The maximum Gasteiger partial charge on any atom is 0.191 e. The number of thiazole rings is 1. The van der Waals surface area contributed by atoms with Crippen molar-refractivity contribution in [1.82, 2.24) is 15.6 Å². The summed E-state index contributed by atoms with van der Waals surface area (Å²) in [5, 5.41) is 7.96. The average molecular weight is 339 g/mol. The van der Waals surface area contributed by atoms with Crippen LogP contribution in [0.1, 0.15) is 41.8 Å². The molecule has 2 rings (SSSR count). The van der Waals surface area contributed by atoms with Crippen LogP contribution in [0, 0.1) is 19.3 Å². The van der Waals surface area contributed by atoms with Gasteiger partial charge in [0.15, 0.2) is 5.96 Å². The van der Waals surface area contributed by atoms with Gasteiger partial charge in [0, 0.05) is 44.6 Å². The van der Waals surface area contributed by atoms with Crippen LogP contribution in [0.25, 0.3) is 0 Å². The highest BCUT2D eigenvalue weighted by molar-refractivity contribution is 7.11. The summed E-state index contributed by atoms with van der Waals surface area (Å²) < 4.78 is 5.21. The Kier molecular flexibility index (Phi) is 6.84. The first-order chi connectivity index (χ1) is 11.1. The molecule has 0 bridgehead atoms. The molecule has 0 spiro atoms. The van der Waals surface area contributed by atoms with Gasteiger partial charge in [-0.3, -0.25) is 4.99 Å². The molecule has 6 heteroatoms. The lowest BCUT2D eigenvalue weighted by Gasteiger charge is -2.15. The zero-order chi connectivity index (χ0) is 16.7. The van der Waals surface area contributed by atoms with Crippen LogP contribution in [0.2, 0.25) is 0 Å². The Labute approximate surface area is 144 Å². The van der Waals surface area contributed by atoms with E-state index in [4.69, 9.17) is 9.73 Å². The molecule has 0 aromatic carbocycles. The van der Waals surface area contributed by atoms with Crippen LogP contribution in [0.4, 0.5) is 0 Å². The third kappa shape index (κ3) is 5.77. The molecular weight excluding hydrogens is 308 g/mol. The number of methoxy groups -OCH3 is 1. The molecule has 1 aromatic rings. The lowest BCUT2D eigenvalue weighted by molar-refractivity contribution is 0.174. The Morgan fingerprint density at radius 1 is 1.35 bits per heavy atom. The van der Waals surface area contributed by atoms with Gasteiger partial charge in [0.25, 0.3) is 0 Å². The SMILES string of the molecule is CCNC(=NCC1(CCOC)CC1)NCCc1nc(C)c(C)s1. The zero-order valence-corrected chi connectivity index (χ0v) is 15.7. The van der Waals surface area contributed by atoms with Crippen molar-refractivity contribution in [1.29, 1.82) is 0 Å². The first-order valence-electron chi connectivity index (χ1n) is 8.52. The molecule has 130 valence electrons. The maximum absolute atomic E-state index is 5.21. The Balaban J connectivity index is 1.79. The average Bonchev–Trinajstić information content (AvgIpc) is 3.23. The van der Waals surface area contributed by atoms with Gasteiger partial charge in [0.2, 0.25) is 0 Å². The minimum atomic E-state index is 0.391. The third-order valence-corrected chi connectivity index (χ3v) is 5.55. The van der Waals surface area contributed by atoms with Crippen LogP contribution in [0.5, 0.6) is 0 Å². The molecule has 0 radical (unpaired) electrons. The first-order valence-corrected chi connectivity index (χ1v) is 9.34. The predicted molar refractivity (Wildman–Crippen MR) is 97.4 cm³/mol. The maximum atomic E-state index is 5.21. The van der Waals surface area contributed by atoms with E-state index in [1.165, 1.54) is 22.7 Å². The number of rotatable bonds is 9. The molecule has 1 heterocycles. The van der Waals surface area contributed by atoms with Gasteiger partial charge in [-0.05, 0) is 45.4 Å². The summed E-state index contributed by atoms with van der Waals surface area (Å²) in [5.74, 6) is 0.918. The molecular formula is C17H30N4OS. The number of ether oxygens (including phenoxy) is 1. The second-order valence-corrected chi connectivity index (χ2v) is 7.65. The van der Waals surface area contributed by atoms with Gasteiger partial charge >= 0.3 is 0 Å². The van der Waals surface area contributed by atoms with Crippen LogP contribution in [-0.2, 0) is 11.2 Å². The summed E-state index contributed by atoms with van der Waals surface area (Å²) in [5.41, 5.74) is 1.54. The molecule has 0 atom stereocenters. The first kappa shape index (κ1) is 18.2. The fourth-order valence-corrected chi connectivity index (χ4v) is 3.44. The van der Waals surface area contributed by atoms with Crippen molar-refractivity contribution in [3.8, 4) is 0 Å². The number of aryl methyl sites for hydroxylation is 2. The highest BCUT2D eigenvalue weighted by Crippen LogP contribution is 2.48. The molecule has 0 amide bonds. The molecule has 5 nitrogen and oxygen atoms in total. The van der Waals surface area contributed by atoms with Crippen molar-refractivity contribution in [2.45, 2.75) is 46.5 Å². The van der Waals surface area contributed by atoms with E-state index in [9.17, 15) is 0 Å². The summed E-state index contributed by atoms with van der Waals surface area (Å²) in [6.07, 6.45) is 4.61. The number of hydrogen-bond acceptors (Lipinski definition) is 4. The molecule has 1 aliphatic carbocycles. The molecule has 0 unspecified atom stereocenters.